The Labute approximate surface area is 105 Å². The summed E-state index contributed by atoms with van der Waals surface area (Å²) in [6.45, 7) is 2.75. The molecule has 2 N–H and O–H groups in total. The molecule has 0 spiro atoms. The molecule has 0 saturated heterocycles. The quantitative estimate of drug-likeness (QED) is 0.798. The average molecular weight is 249 g/mol. The number of H-pyrrole nitrogens is 1. The number of anilines is 1. The minimum Gasteiger partial charge on any atom is -0.467 e. The predicted octanol–water partition coefficient (Wildman–Crippen LogP) is 3.30. The molecule has 0 amide bonds. The van der Waals surface area contributed by atoms with Crippen LogP contribution in [0.1, 0.15) is 24.9 Å². The predicted molar refractivity (Wildman–Crippen MR) is 69.5 cm³/mol. The van der Waals surface area contributed by atoms with Gasteiger partial charge in [-0.15, -0.1) is 0 Å². The number of aromatic nitrogens is 2. The highest BCUT2D eigenvalue weighted by molar-refractivity contribution is 7.71. The van der Waals surface area contributed by atoms with Gasteiger partial charge in [-0.25, -0.2) is 4.98 Å². The molecule has 17 heavy (non-hydrogen) atoms. The van der Waals surface area contributed by atoms with Crippen LogP contribution in [0.5, 0.6) is 0 Å². The fourth-order valence-electron chi connectivity index (χ4n) is 1.55. The molecular formula is C12H15N3OS. The second-order valence-electron chi connectivity index (χ2n) is 3.76. The Hall–Kier alpha value is -1.62. The largest absolute Gasteiger partial charge is 0.467 e. The fraction of sp³-hybridized carbons (Fsp3) is 0.333. The van der Waals surface area contributed by atoms with E-state index in [-0.39, 0.29) is 0 Å². The molecule has 0 saturated carbocycles. The Kier molecular flexibility index (Phi) is 3.93. The molecule has 2 heterocycles. The van der Waals surface area contributed by atoms with Crippen molar-refractivity contribution in [2.75, 3.05) is 5.32 Å². The number of aromatic amines is 1. The lowest BCUT2D eigenvalue weighted by Crippen LogP contribution is -2.04. The van der Waals surface area contributed by atoms with E-state index in [2.05, 4.69) is 22.2 Å². The van der Waals surface area contributed by atoms with Crippen LogP contribution in [-0.2, 0) is 13.0 Å². The third kappa shape index (κ3) is 3.42. The van der Waals surface area contributed by atoms with E-state index < -0.39 is 0 Å². The van der Waals surface area contributed by atoms with Crippen molar-refractivity contribution in [2.45, 2.75) is 26.3 Å². The molecule has 0 unspecified atom stereocenters. The summed E-state index contributed by atoms with van der Waals surface area (Å²) in [5.41, 5.74) is 0. The molecular weight excluding hydrogens is 234 g/mol. The van der Waals surface area contributed by atoms with E-state index in [4.69, 9.17) is 16.6 Å². The number of nitrogens with zero attached hydrogens (tertiary/aromatic N) is 1. The van der Waals surface area contributed by atoms with E-state index >= 15 is 0 Å². The third-order valence-corrected chi connectivity index (χ3v) is 2.52. The molecule has 0 fully saturated rings. The summed E-state index contributed by atoms with van der Waals surface area (Å²) >= 11 is 5.12. The fourth-order valence-corrected chi connectivity index (χ4v) is 1.78. The summed E-state index contributed by atoms with van der Waals surface area (Å²) in [6, 6.07) is 5.61. The zero-order valence-electron chi connectivity index (χ0n) is 9.69. The van der Waals surface area contributed by atoms with Crippen LogP contribution in [0.4, 0.5) is 5.82 Å². The van der Waals surface area contributed by atoms with Gasteiger partial charge in [-0.3, -0.25) is 0 Å². The molecule has 2 rings (SSSR count). The first-order chi connectivity index (χ1) is 8.28. The maximum absolute atomic E-state index is 5.25. The van der Waals surface area contributed by atoms with Crippen molar-refractivity contribution in [2.24, 2.45) is 0 Å². The van der Waals surface area contributed by atoms with Crippen LogP contribution in [0, 0.1) is 4.64 Å². The summed E-state index contributed by atoms with van der Waals surface area (Å²) in [6.07, 6.45) is 3.61. The molecule has 0 radical (unpaired) electrons. The van der Waals surface area contributed by atoms with Crippen LogP contribution in [0.15, 0.2) is 28.9 Å². The van der Waals surface area contributed by atoms with Crippen molar-refractivity contribution >= 4 is 18.0 Å². The van der Waals surface area contributed by atoms with E-state index in [1.54, 1.807) is 6.26 Å². The van der Waals surface area contributed by atoms with Gasteiger partial charge < -0.3 is 14.7 Å². The Morgan fingerprint density at radius 1 is 1.53 bits per heavy atom. The van der Waals surface area contributed by atoms with Crippen molar-refractivity contribution in [3.05, 3.63) is 40.7 Å². The third-order valence-electron chi connectivity index (χ3n) is 2.31. The first-order valence-electron chi connectivity index (χ1n) is 5.64. The summed E-state index contributed by atoms with van der Waals surface area (Å²) in [4.78, 5) is 7.48. The molecule has 0 aromatic carbocycles. The number of hydrogen-bond donors (Lipinski definition) is 2. The highest BCUT2D eigenvalue weighted by Crippen LogP contribution is 2.08. The number of rotatable bonds is 5. The van der Waals surface area contributed by atoms with Crippen LogP contribution in [0.2, 0.25) is 0 Å². The number of aryl methyl sites for hydroxylation is 1. The standard InChI is InChI=1S/C12H15N3OS/c1-2-4-10-14-11(7-12(17)15-10)13-8-9-5-3-6-16-9/h3,5-7H,2,4,8H2,1H3,(H2,13,14,15,17). The number of nitrogens with one attached hydrogen (secondary N) is 2. The Bertz CT molecular complexity index is 519. The average Bonchev–Trinajstić information content (AvgIpc) is 2.79. The first-order valence-corrected chi connectivity index (χ1v) is 6.05. The SMILES string of the molecule is CCCc1nc(=S)cc(NCc2ccco2)[nH]1. The van der Waals surface area contributed by atoms with Gasteiger partial charge in [0.1, 0.15) is 22.0 Å². The monoisotopic (exact) mass is 249 g/mol. The zero-order chi connectivity index (χ0) is 12.1. The molecule has 0 bridgehead atoms. The summed E-state index contributed by atoms with van der Waals surface area (Å²) in [5.74, 6) is 2.69. The summed E-state index contributed by atoms with van der Waals surface area (Å²) < 4.78 is 5.85. The van der Waals surface area contributed by atoms with Gasteiger partial charge in [0, 0.05) is 12.5 Å². The van der Waals surface area contributed by atoms with Crippen molar-refractivity contribution in [1.29, 1.82) is 0 Å². The molecule has 5 heteroatoms. The van der Waals surface area contributed by atoms with Crippen molar-refractivity contribution < 1.29 is 4.42 Å². The van der Waals surface area contributed by atoms with Crippen LogP contribution >= 0.6 is 12.2 Å². The number of furan rings is 1. The molecule has 90 valence electrons. The van der Waals surface area contributed by atoms with Crippen LogP contribution < -0.4 is 5.32 Å². The van der Waals surface area contributed by atoms with Gasteiger partial charge in [-0.1, -0.05) is 19.1 Å². The van der Waals surface area contributed by atoms with E-state index in [1.807, 2.05) is 18.2 Å². The smallest absolute Gasteiger partial charge is 0.131 e. The van der Waals surface area contributed by atoms with Crippen molar-refractivity contribution in [3.8, 4) is 0 Å². The minimum absolute atomic E-state index is 0.606. The van der Waals surface area contributed by atoms with E-state index in [0.29, 0.717) is 11.2 Å². The molecule has 0 aliphatic carbocycles. The van der Waals surface area contributed by atoms with Gasteiger partial charge in [0.05, 0.1) is 12.8 Å². The Balaban J connectivity index is 2.07. The molecule has 4 nitrogen and oxygen atoms in total. The van der Waals surface area contributed by atoms with Gasteiger partial charge in [-0.2, -0.15) is 0 Å². The van der Waals surface area contributed by atoms with Crippen LogP contribution in [0.3, 0.4) is 0 Å². The molecule has 2 aromatic heterocycles. The van der Waals surface area contributed by atoms with Crippen LogP contribution in [-0.4, -0.2) is 9.97 Å². The van der Waals surface area contributed by atoms with E-state index in [9.17, 15) is 0 Å². The maximum Gasteiger partial charge on any atom is 0.131 e. The highest BCUT2D eigenvalue weighted by atomic mass is 32.1. The topological polar surface area (TPSA) is 53.9 Å². The Morgan fingerprint density at radius 3 is 3.12 bits per heavy atom. The molecule has 0 atom stereocenters. The second kappa shape index (κ2) is 5.63. The van der Waals surface area contributed by atoms with E-state index in [0.717, 1.165) is 30.2 Å². The molecule has 2 aromatic rings. The Morgan fingerprint density at radius 2 is 2.41 bits per heavy atom. The lowest BCUT2D eigenvalue weighted by molar-refractivity contribution is 0.517. The first kappa shape index (κ1) is 11.9. The van der Waals surface area contributed by atoms with Crippen LogP contribution in [0.25, 0.3) is 0 Å². The van der Waals surface area contributed by atoms with Gasteiger partial charge in [0.15, 0.2) is 0 Å². The highest BCUT2D eigenvalue weighted by Gasteiger charge is 1.99. The number of hydrogen-bond acceptors (Lipinski definition) is 4. The minimum atomic E-state index is 0.606. The normalized spacial score (nSPS) is 10.4. The summed E-state index contributed by atoms with van der Waals surface area (Å²) in [7, 11) is 0. The lowest BCUT2D eigenvalue weighted by atomic mass is 10.3. The maximum atomic E-state index is 5.25. The lowest BCUT2D eigenvalue weighted by Gasteiger charge is -2.06. The van der Waals surface area contributed by atoms with Crippen molar-refractivity contribution in [3.63, 3.8) is 0 Å². The van der Waals surface area contributed by atoms with E-state index in [1.165, 1.54) is 0 Å². The van der Waals surface area contributed by atoms with Gasteiger partial charge in [-0.05, 0) is 18.6 Å². The van der Waals surface area contributed by atoms with Gasteiger partial charge in [0.25, 0.3) is 0 Å². The second-order valence-corrected chi connectivity index (χ2v) is 4.18. The van der Waals surface area contributed by atoms with Crippen molar-refractivity contribution in [1.82, 2.24) is 9.97 Å². The van der Waals surface area contributed by atoms with Gasteiger partial charge in [0.2, 0.25) is 0 Å². The molecule has 0 aliphatic heterocycles. The molecule has 0 aliphatic rings. The summed E-state index contributed by atoms with van der Waals surface area (Å²) in [5, 5.41) is 3.23. The van der Waals surface area contributed by atoms with Gasteiger partial charge >= 0.3 is 0 Å². The zero-order valence-corrected chi connectivity index (χ0v) is 10.5.